The molecule has 0 aliphatic rings. The Morgan fingerprint density at radius 3 is 2.68 bits per heavy atom. The molecule has 0 aromatic carbocycles. The van der Waals surface area contributed by atoms with Crippen molar-refractivity contribution in [3.63, 3.8) is 0 Å². The highest BCUT2D eigenvalue weighted by Gasteiger charge is 2.14. The van der Waals surface area contributed by atoms with Crippen LogP contribution in [0, 0.1) is 0 Å². The maximum Gasteiger partial charge on any atom is 0.339 e. The number of aryl methyl sites for hydroxylation is 1. The molecule has 5 heteroatoms. The first-order chi connectivity index (χ1) is 9.26. The Morgan fingerprint density at radius 2 is 2.05 bits per heavy atom. The zero-order chi connectivity index (χ0) is 13.7. The lowest BCUT2D eigenvalue weighted by Gasteiger charge is -2.08. The summed E-state index contributed by atoms with van der Waals surface area (Å²) in [6.07, 6.45) is 5.52. The van der Waals surface area contributed by atoms with Crippen molar-refractivity contribution >= 4 is 5.97 Å². The summed E-state index contributed by atoms with van der Waals surface area (Å²) in [6.45, 7) is 4.09. The fraction of sp³-hybridized carbons (Fsp3) is 0.286. The molecule has 0 amide bonds. The van der Waals surface area contributed by atoms with Gasteiger partial charge < -0.3 is 4.74 Å². The van der Waals surface area contributed by atoms with Gasteiger partial charge in [0, 0.05) is 12.4 Å². The normalized spacial score (nSPS) is 10.2. The van der Waals surface area contributed by atoms with E-state index in [1.54, 1.807) is 37.6 Å². The monoisotopic (exact) mass is 257 g/mol. The number of ether oxygens (including phenoxy) is 1. The molecular weight excluding hydrogens is 242 g/mol. The summed E-state index contributed by atoms with van der Waals surface area (Å²) >= 11 is 0. The zero-order valence-electron chi connectivity index (χ0n) is 11.0. The Bertz CT molecular complexity index is 570. The predicted octanol–water partition coefficient (Wildman–Crippen LogP) is 2.28. The largest absolute Gasteiger partial charge is 0.462 e. The van der Waals surface area contributed by atoms with Crippen LogP contribution in [-0.4, -0.2) is 27.5 Å². The molecule has 0 aliphatic heterocycles. The number of carbonyl (C=O) groups excluding carboxylic acids is 1. The highest BCUT2D eigenvalue weighted by molar-refractivity contribution is 5.91. The van der Waals surface area contributed by atoms with E-state index in [1.807, 2.05) is 6.92 Å². The molecule has 0 radical (unpaired) electrons. The average Bonchev–Trinajstić information content (AvgIpc) is 2.47. The Kier molecular flexibility index (Phi) is 4.18. The van der Waals surface area contributed by atoms with Crippen molar-refractivity contribution in [2.45, 2.75) is 20.3 Å². The molecule has 0 N–H and O–H groups in total. The molecule has 98 valence electrons. The number of rotatable bonds is 4. The molecule has 19 heavy (non-hydrogen) atoms. The summed E-state index contributed by atoms with van der Waals surface area (Å²) in [7, 11) is 0. The van der Waals surface area contributed by atoms with E-state index < -0.39 is 0 Å². The van der Waals surface area contributed by atoms with E-state index in [2.05, 4.69) is 15.0 Å². The van der Waals surface area contributed by atoms with Crippen LogP contribution in [0.1, 0.15) is 29.9 Å². The Balaban J connectivity index is 2.39. The van der Waals surface area contributed by atoms with Crippen LogP contribution in [0.15, 0.2) is 30.7 Å². The summed E-state index contributed by atoms with van der Waals surface area (Å²) < 4.78 is 5.01. The lowest BCUT2D eigenvalue weighted by Crippen LogP contribution is -2.09. The van der Waals surface area contributed by atoms with Gasteiger partial charge in [0.15, 0.2) is 0 Å². The van der Waals surface area contributed by atoms with E-state index in [0.29, 0.717) is 35.7 Å². The number of pyridine rings is 1. The highest BCUT2D eigenvalue weighted by atomic mass is 16.5. The molecule has 2 aromatic rings. The summed E-state index contributed by atoms with van der Waals surface area (Å²) in [6, 6.07) is 3.49. The molecule has 0 saturated carbocycles. The third-order valence-electron chi connectivity index (χ3n) is 2.63. The number of carbonyl (C=O) groups is 1. The van der Waals surface area contributed by atoms with Crippen molar-refractivity contribution < 1.29 is 9.53 Å². The van der Waals surface area contributed by atoms with E-state index in [9.17, 15) is 4.79 Å². The molecule has 2 aromatic heterocycles. The molecule has 2 rings (SSSR count). The molecule has 0 spiro atoms. The lowest BCUT2D eigenvalue weighted by molar-refractivity contribution is 0.0524. The fourth-order valence-corrected chi connectivity index (χ4v) is 1.74. The maximum absolute atomic E-state index is 11.8. The van der Waals surface area contributed by atoms with Crippen molar-refractivity contribution in [1.29, 1.82) is 0 Å². The highest BCUT2D eigenvalue weighted by Crippen LogP contribution is 2.17. The number of hydrogen-bond acceptors (Lipinski definition) is 5. The van der Waals surface area contributed by atoms with Crippen LogP contribution in [0.2, 0.25) is 0 Å². The van der Waals surface area contributed by atoms with Crippen molar-refractivity contribution in [2.24, 2.45) is 0 Å². The second-order valence-corrected chi connectivity index (χ2v) is 3.86. The van der Waals surface area contributed by atoms with E-state index >= 15 is 0 Å². The topological polar surface area (TPSA) is 65.0 Å². The van der Waals surface area contributed by atoms with Crippen molar-refractivity contribution in [2.75, 3.05) is 6.61 Å². The SMILES string of the molecule is CCOC(=O)c1ccc(-c2cnccn2)nc1CC. The number of aromatic nitrogens is 3. The predicted molar refractivity (Wildman–Crippen MR) is 70.6 cm³/mol. The van der Waals surface area contributed by atoms with Crippen molar-refractivity contribution in [1.82, 2.24) is 15.0 Å². The minimum Gasteiger partial charge on any atom is -0.462 e. The van der Waals surface area contributed by atoms with Crippen LogP contribution in [0.5, 0.6) is 0 Å². The standard InChI is InChI=1S/C14H15N3O2/c1-3-11-10(14(18)19-4-2)5-6-12(17-11)13-9-15-7-8-16-13/h5-9H,3-4H2,1-2H3. The van der Waals surface area contributed by atoms with E-state index in [-0.39, 0.29) is 5.97 Å². The second-order valence-electron chi connectivity index (χ2n) is 3.86. The Morgan fingerprint density at radius 1 is 1.21 bits per heavy atom. The van der Waals surface area contributed by atoms with Gasteiger partial charge in [-0.15, -0.1) is 0 Å². The lowest BCUT2D eigenvalue weighted by atomic mass is 10.1. The summed E-state index contributed by atoms with van der Waals surface area (Å²) in [4.78, 5) is 24.4. The van der Waals surface area contributed by atoms with Gasteiger partial charge in [-0.3, -0.25) is 15.0 Å². The van der Waals surface area contributed by atoms with Gasteiger partial charge in [-0.25, -0.2) is 4.79 Å². The first-order valence-corrected chi connectivity index (χ1v) is 6.19. The molecule has 0 bridgehead atoms. The molecule has 0 aliphatic carbocycles. The average molecular weight is 257 g/mol. The molecule has 0 saturated heterocycles. The minimum atomic E-state index is -0.336. The molecule has 0 atom stereocenters. The van der Waals surface area contributed by atoms with Crippen LogP contribution in [0.4, 0.5) is 0 Å². The van der Waals surface area contributed by atoms with Gasteiger partial charge in [-0.1, -0.05) is 6.92 Å². The molecule has 2 heterocycles. The number of nitrogens with zero attached hydrogens (tertiary/aromatic N) is 3. The third-order valence-corrected chi connectivity index (χ3v) is 2.63. The molecule has 0 unspecified atom stereocenters. The smallest absolute Gasteiger partial charge is 0.339 e. The van der Waals surface area contributed by atoms with Gasteiger partial charge in [0.1, 0.15) is 5.69 Å². The Hall–Kier alpha value is -2.30. The first kappa shape index (κ1) is 13.1. The van der Waals surface area contributed by atoms with Crippen molar-refractivity contribution in [3.8, 4) is 11.4 Å². The summed E-state index contributed by atoms with van der Waals surface area (Å²) in [5.41, 5.74) is 2.62. The number of hydrogen-bond donors (Lipinski definition) is 0. The minimum absolute atomic E-state index is 0.336. The van der Waals surface area contributed by atoms with Crippen LogP contribution < -0.4 is 0 Å². The fourth-order valence-electron chi connectivity index (χ4n) is 1.74. The van der Waals surface area contributed by atoms with Crippen LogP contribution in [0.3, 0.4) is 0 Å². The van der Waals surface area contributed by atoms with Crippen LogP contribution in [0.25, 0.3) is 11.4 Å². The molecule has 5 nitrogen and oxygen atoms in total. The van der Waals surface area contributed by atoms with E-state index in [1.165, 1.54) is 0 Å². The summed E-state index contributed by atoms with van der Waals surface area (Å²) in [5, 5.41) is 0. The quantitative estimate of drug-likeness (QED) is 0.786. The molecular formula is C14H15N3O2. The van der Waals surface area contributed by atoms with Gasteiger partial charge in [-0.2, -0.15) is 0 Å². The van der Waals surface area contributed by atoms with Gasteiger partial charge in [0.25, 0.3) is 0 Å². The molecule has 0 fully saturated rings. The van der Waals surface area contributed by atoms with E-state index in [0.717, 1.165) is 0 Å². The van der Waals surface area contributed by atoms with Crippen LogP contribution >= 0.6 is 0 Å². The maximum atomic E-state index is 11.8. The van der Waals surface area contributed by atoms with Crippen LogP contribution in [-0.2, 0) is 11.2 Å². The number of esters is 1. The third kappa shape index (κ3) is 2.93. The first-order valence-electron chi connectivity index (χ1n) is 6.19. The van der Waals surface area contributed by atoms with Gasteiger partial charge in [-0.05, 0) is 25.5 Å². The Labute approximate surface area is 111 Å². The van der Waals surface area contributed by atoms with Crippen molar-refractivity contribution in [3.05, 3.63) is 42.0 Å². The van der Waals surface area contributed by atoms with Gasteiger partial charge in [0.2, 0.25) is 0 Å². The second kappa shape index (κ2) is 6.04. The van der Waals surface area contributed by atoms with Gasteiger partial charge in [0.05, 0.1) is 29.8 Å². The van der Waals surface area contributed by atoms with E-state index in [4.69, 9.17) is 4.74 Å². The van der Waals surface area contributed by atoms with Gasteiger partial charge >= 0.3 is 5.97 Å². The zero-order valence-corrected chi connectivity index (χ0v) is 11.0. The summed E-state index contributed by atoms with van der Waals surface area (Å²) in [5.74, 6) is -0.336.